The lowest BCUT2D eigenvalue weighted by molar-refractivity contribution is -0.138. The highest BCUT2D eigenvalue weighted by molar-refractivity contribution is 7.91. The molecule has 1 atom stereocenters. The van der Waals surface area contributed by atoms with E-state index in [1.54, 1.807) is 23.7 Å². The van der Waals surface area contributed by atoms with Crippen molar-refractivity contribution in [1.82, 2.24) is 9.47 Å². The number of aromatic nitrogens is 1. The molecule has 0 aromatic carbocycles. The highest BCUT2D eigenvalue weighted by atomic mass is 32.2. The molecule has 1 aliphatic rings. The molecular weight excluding hydrogens is 296 g/mol. The van der Waals surface area contributed by atoms with Crippen LogP contribution in [0.3, 0.4) is 0 Å². The lowest BCUT2D eigenvalue weighted by Gasteiger charge is -2.34. The van der Waals surface area contributed by atoms with E-state index < -0.39 is 21.8 Å². The Hall–Kier alpha value is -1.83. The lowest BCUT2D eigenvalue weighted by atomic mass is 10.2. The minimum Gasteiger partial charge on any atom is -0.481 e. The van der Waals surface area contributed by atoms with Crippen molar-refractivity contribution in [3.8, 4) is 0 Å². The van der Waals surface area contributed by atoms with Crippen LogP contribution in [0, 0.1) is 6.92 Å². The summed E-state index contributed by atoms with van der Waals surface area (Å²) in [5.41, 5.74) is 1.33. The Labute approximate surface area is 123 Å². The number of aryl methyl sites for hydroxylation is 1. The van der Waals surface area contributed by atoms with Gasteiger partial charge >= 0.3 is 5.97 Å². The van der Waals surface area contributed by atoms with E-state index >= 15 is 0 Å². The molecule has 1 amide bonds. The number of hydrogen-bond acceptors (Lipinski definition) is 4. The van der Waals surface area contributed by atoms with Gasteiger partial charge in [-0.2, -0.15) is 0 Å². The van der Waals surface area contributed by atoms with E-state index in [2.05, 4.69) is 0 Å². The van der Waals surface area contributed by atoms with Crippen molar-refractivity contribution in [3.05, 3.63) is 23.5 Å². The van der Waals surface area contributed by atoms with E-state index in [1.165, 1.54) is 4.90 Å². The van der Waals surface area contributed by atoms with Crippen molar-refractivity contribution in [2.75, 3.05) is 18.1 Å². The van der Waals surface area contributed by atoms with Gasteiger partial charge in [0.05, 0.1) is 24.0 Å². The summed E-state index contributed by atoms with van der Waals surface area (Å²) < 4.78 is 25.1. The standard InChI is InChI=1S/C13H18N2O5S/c1-9-3-4-11(14(9)2)13(18)15-5-6-21(19,20)8-10(15)7-12(16)17/h3-4,10H,5-8H2,1-2H3,(H,16,17). The molecule has 2 heterocycles. The van der Waals surface area contributed by atoms with Crippen LogP contribution >= 0.6 is 0 Å². The van der Waals surface area contributed by atoms with Gasteiger partial charge < -0.3 is 14.6 Å². The molecule has 21 heavy (non-hydrogen) atoms. The Morgan fingerprint density at radius 1 is 1.38 bits per heavy atom. The van der Waals surface area contributed by atoms with Crippen molar-refractivity contribution in [1.29, 1.82) is 0 Å². The first-order valence-corrected chi connectivity index (χ1v) is 8.39. The smallest absolute Gasteiger partial charge is 0.305 e. The Bertz CT molecular complexity index is 677. The highest BCUT2D eigenvalue weighted by Crippen LogP contribution is 2.19. The van der Waals surface area contributed by atoms with Gasteiger partial charge in [-0.05, 0) is 19.1 Å². The second-order valence-corrected chi connectivity index (χ2v) is 7.51. The zero-order chi connectivity index (χ0) is 15.8. The van der Waals surface area contributed by atoms with Gasteiger partial charge in [-0.3, -0.25) is 9.59 Å². The van der Waals surface area contributed by atoms with Crippen molar-refractivity contribution in [2.24, 2.45) is 7.05 Å². The van der Waals surface area contributed by atoms with Crippen molar-refractivity contribution < 1.29 is 23.1 Å². The average Bonchev–Trinajstić information content (AvgIpc) is 2.68. The maximum Gasteiger partial charge on any atom is 0.305 e. The number of hydrogen-bond donors (Lipinski definition) is 1. The second kappa shape index (κ2) is 5.51. The van der Waals surface area contributed by atoms with E-state index in [-0.39, 0.29) is 30.4 Å². The first kappa shape index (κ1) is 15.6. The van der Waals surface area contributed by atoms with Gasteiger partial charge in [0.2, 0.25) is 0 Å². The predicted octanol–water partition coefficient (Wildman–Crippen LogP) is 0.0474. The van der Waals surface area contributed by atoms with E-state index in [9.17, 15) is 18.0 Å². The molecule has 1 saturated heterocycles. The molecule has 1 aromatic rings. The fraction of sp³-hybridized carbons (Fsp3) is 0.538. The maximum atomic E-state index is 12.6. The molecule has 1 fully saturated rings. The largest absolute Gasteiger partial charge is 0.481 e. The Morgan fingerprint density at radius 3 is 2.57 bits per heavy atom. The van der Waals surface area contributed by atoms with Crippen LogP contribution in [0.1, 0.15) is 22.6 Å². The summed E-state index contributed by atoms with van der Waals surface area (Å²) in [6, 6.07) is 2.64. The fourth-order valence-electron chi connectivity index (χ4n) is 2.50. The number of carbonyl (C=O) groups is 2. The van der Waals surface area contributed by atoms with Crippen molar-refractivity contribution in [3.63, 3.8) is 0 Å². The summed E-state index contributed by atoms with van der Waals surface area (Å²) in [7, 11) is -1.55. The van der Waals surface area contributed by atoms with Gasteiger partial charge in [-0.1, -0.05) is 0 Å². The Balaban J connectivity index is 2.29. The summed E-state index contributed by atoms with van der Waals surface area (Å²) >= 11 is 0. The summed E-state index contributed by atoms with van der Waals surface area (Å²) in [6.07, 6.45) is -0.367. The van der Waals surface area contributed by atoms with E-state index in [0.717, 1.165) is 5.69 Å². The average molecular weight is 314 g/mol. The van der Waals surface area contributed by atoms with Gasteiger partial charge in [0.15, 0.2) is 9.84 Å². The summed E-state index contributed by atoms with van der Waals surface area (Å²) in [5, 5.41) is 8.93. The first-order chi connectivity index (χ1) is 9.71. The van der Waals surface area contributed by atoms with Crippen LogP contribution in [-0.2, 0) is 21.7 Å². The van der Waals surface area contributed by atoms with Crippen LogP contribution in [0.15, 0.2) is 12.1 Å². The van der Waals surface area contributed by atoms with Crippen LogP contribution in [0.5, 0.6) is 0 Å². The number of carbonyl (C=O) groups excluding carboxylic acids is 1. The number of nitrogens with zero attached hydrogens (tertiary/aromatic N) is 2. The molecule has 2 rings (SSSR count). The molecule has 1 unspecified atom stereocenters. The summed E-state index contributed by atoms with van der Waals surface area (Å²) in [5.74, 6) is -1.86. The molecule has 0 saturated carbocycles. The minimum absolute atomic E-state index is 0.0311. The predicted molar refractivity (Wildman–Crippen MR) is 75.9 cm³/mol. The van der Waals surface area contributed by atoms with Crippen LogP contribution < -0.4 is 0 Å². The van der Waals surface area contributed by atoms with Crippen LogP contribution in [0.2, 0.25) is 0 Å². The molecule has 0 bridgehead atoms. The number of rotatable bonds is 3. The topological polar surface area (TPSA) is 96.7 Å². The molecule has 0 spiro atoms. The normalized spacial score (nSPS) is 21.2. The number of aliphatic carboxylic acids is 1. The van der Waals surface area contributed by atoms with E-state index in [4.69, 9.17) is 5.11 Å². The van der Waals surface area contributed by atoms with Crippen LogP contribution in [0.4, 0.5) is 0 Å². The Kier molecular flexibility index (Phi) is 4.08. The molecule has 8 heteroatoms. The zero-order valence-corrected chi connectivity index (χ0v) is 12.8. The first-order valence-electron chi connectivity index (χ1n) is 6.57. The molecule has 1 N–H and O–H groups in total. The number of carboxylic acids is 1. The van der Waals surface area contributed by atoms with Gasteiger partial charge in [0.1, 0.15) is 5.69 Å². The highest BCUT2D eigenvalue weighted by Gasteiger charge is 2.36. The maximum absolute atomic E-state index is 12.6. The third kappa shape index (κ3) is 3.26. The van der Waals surface area contributed by atoms with Gasteiger partial charge in [-0.15, -0.1) is 0 Å². The van der Waals surface area contributed by atoms with E-state index in [0.29, 0.717) is 5.69 Å². The molecule has 0 radical (unpaired) electrons. The number of amides is 1. The lowest BCUT2D eigenvalue weighted by Crippen LogP contribution is -2.52. The minimum atomic E-state index is -3.30. The number of sulfone groups is 1. The van der Waals surface area contributed by atoms with Crippen molar-refractivity contribution in [2.45, 2.75) is 19.4 Å². The number of carboxylic acid groups (broad SMARTS) is 1. The zero-order valence-electron chi connectivity index (χ0n) is 11.9. The molecular formula is C13H18N2O5S. The third-order valence-corrected chi connectivity index (χ3v) is 5.49. The SMILES string of the molecule is Cc1ccc(C(=O)N2CCS(=O)(=O)CC2CC(=O)O)n1C. The quantitative estimate of drug-likeness (QED) is 0.850. The second-order valence-electron chi connectivity index (χ2n) is 5.28. The molecule has 7 nitrogen and oxygen atoms in total. The van der Waals surface area contributed by atoms with Crippen LogP contribution in [-0.4, -0.2) is 59.0 Å². The molecule has 0 aliphatic carbocycles. The van der Waals surface area contributed by atoms with E-state index in [1.807, 2.05) is 6.92 Å². The molecule has 1 aromatic heterocycles. The van der Waals surface area contributed by atoms with Gasteiger partial charge in [0.25, 0.3) is 5.91 Å². The van der Waals surface area contributed by atoms with Gasteiger partial charge in [-0.25, -0.2) is 8.42 Å². The van der Waals surface area contributed by atoms with Gasteiger partial charge in [0, 0.05) is 19.3 Å². The third-order valence-electron chi connectivity index (χ3n) is 3.79. The monoisotopic (exact) mass is 314 g/mol. The van der Waals surface area contributed by atoms with Crippen molar-refractivity contribution >= 4 is 21.7 Å². The molecule has 1 aliphatic heterocycles. The fourth-order valence-corrected chi connectivity index (χ4v) is 4.03. The Morgan fingerprint density at radius 2 is 2.05 bits per heavy atom. The summed E-state index contributed by atoms with van der Waals surface area (Å²) in [6.45, 7) is 1.88. The summed E-state index contributed by atoms with van der Waals surface area (Å²) in [4.78, 5) is 24.8. The van der Waals surface area contributed by atoms with Crippen LogP contribution in [0.25, 0.3) is 0 Å². The molecule has 116 valence electrons.